The first kappa shape index (κ1) is 25.7. The molecule has 1 heterocycles. The third kappa shape index (κ3) is 5.67. The van der Waals surface area contributed by atoms with Crippen LogP contribution in [0.5, 0.6) is 0 Å². The summed E-state index contributed by atoms with van der Waals surface area (Å²) in [6.45, 7) is 0. The van der Waals surface area contributed by atoms with Crippen molar-refractivity contribution in [3.63, 3.8) is 0 Å². The second kappa shape index (κ2) is 11.2. The van der Waals surface area contributed by atoms with Crippen LogP contribution in [-0.2, 0) is 22.4 Å². The molecule has 5 rings (SSSR count). The number of nitrogens with zero attached hydrogens (tertiary/aromatic N) is 1. The van der Waals surface area contributed by atoms with Gasteiger partial charge in [0.25, 0.3) is 5.91 Å². The largest absolute Gasteiger partial charge is 0.480 e. The summed E-state index contributed by atoms with van der Waals surface area (Å²) >= 11 is 0. The maximum atomic E-state index is 13.7. The Morgan fingerprint density at radius 2 is 1.54 bits per heavy atom. The molecule has 4 aromatic carbocycles. The van der Waals surface area contributed by atoms with Gasteiger partial charge in [0, 0.05) is 42.6 Å². The van der Waals surface area contributed by atoms with E-state index >= 15 is 0 Å². The summed E-state index contributed by atoms with van der Waals surface area (Å²) < 4.78 is 0. The highest BCUT2D eigenvalue weighted by Gasteiger charge is 2.31. The van der Waals surface area contributed by atoms with E-state index in [4.69, 9.17) is 0 Å². The van der Waals surface area contributed by atoms with Crippen LogP contribution in [0.1, 0.15) is 21.5 Å². The number of aromatic amines is 1. The van der Waals surface area contributed by atoms with E-state index in [1.54, 1.807) is 19.3 Å². The van der Waals surface area contributed by atoms with Crippen LogP contribution in [0.4, 0.5) is 0 Å². The summed E-state index contributed by atoms with van der Waals surface area (Å²) in [5, 5.41) is 15.5. The fourth-order valence-corrected chi connectivity index (χ4v) is 4.90. The van der Waals surface area contributed by atoms with Gasteiger partial charge in [0.2, 0.25) is 5.91 Å². The van der Waals surface area contributed by atoms with E-state index < -0.39 is 24.0 Å². The van der Waals surface area contributed by atoms with Gasteiger partial charge in [-0.2, -0.15) is 0 Å². The Hall–Kier alpha value is -4.91. The van der Waals surface area contributed by atoms with E-state index in [1.165, 1.54) is 4.90 Å². The maximum Gasteiger partial charge on any atom is 0.326 e. The van der Waals surface area contributed by atoms with E-state index in [-0.39, 0.29) is 18.7 Å². The van der Waals surface area contributed by atoms with Crippen LogP contribution < -0.4 is 5.32 Å². The van der Waals surface area contributed by atoms with E-state index in [1.807, 2.05) is 91.0 Å². The Morgan fingerprint density at radius 3 is 2.31 bits per heavy atom. The predicted molar refractivity (Wildman–Crippen MR) is 152 cm³/mol. The van der Waals surface area contributed by atoms with Crippen LogP contribution in [0.2, 0.25) is 0 Å². The van der Waals surface area contributed by atoms with Gasteiger partial charge in [0.1, 0.15) is 12.1 Å². The quantitative estimate of drug-likeness (QED) is 0.260. The monoisotopic (exact) mass is 519 g/mol. The normalized spacial score (nSPS) is 12.6. The number of amides is 2. The number of aromatic nitrogens is 1. The number of likely N-dealkylation sites (N-methyl/N-ethyl adjacent to an activating group) is 1. The summed E-state index contributed by atoms with van der Waals surface area (Å²) in [4.78, 5) is 44.0. The van der Waals surface area contributed by atoms with Crippen molar-refractivity contribution in [2.24, 2.45) is 0 Å². The van der Waals surface area contributed by atoms with E-state index in [9.17, 15) is 19.5 Å². The van der Waals surface area contributed by atoms with Gasteiger partial charge < -0.3 is 20.3 Å². The number of H-pyrrole nitrogens is 1. The van der Waals surface area contributed by atoms with Crippen LogP contribution in [0, 0.1) is 0 Å². The molecule has 0 bridgehead atoms. The zero-order valence-corrected chi connectivity index (χ0v) is 21.5. The van der Waals surface area contributed by atoms with Crippen molar-refractivity contribution < 1.29 is 19.5 Å². The Morgan fingerprint density at radius 1 is 0.846 bits per heavy atom. The van der Waals surface area contributed by atoms with Gasteiger partial charge in [-0.15, -0.1) is 0 Å². The fourth-order valence-electron chi connectivity index (χ4n) is 4.90. The Balaban J connectivity index is 1.41. The minimum Gasteiger partial charge on any atom is -0.480 e. The van der Waals surface area contributed by atoms with Crippen molar-refractivity contribution in [2.45, 2.75) is 24.9 Å². The molecule has 3 N–H and O–H groups in total. The Bertz CT molecular complexity index is 1640. The Labute approximate surface area is 226 Å². The van der Waals surface area contributed by atoms with Gasteiger partial charge in [-0.05, 0) is 40.1 Å². The van der Waals surface area contributed by atoms with Gasteiger partial charge in [0.15, 0.2) is 0 Å². The number of carbonyl (C=O) groups excluding carboxylic acids is 2. The third-order valence-corrected chi connectivity index (χ3v) is 7.07. The number of fused-ring (bicyclic) bond motifs is 2. The second-order valence-electron chi connectivity index (χ2n) is 9.65. The molecule has 0 aliphatic rings. The van der Waals surface area contributed by atoms with E-state index in [0.717, 1.165) is 32.8 Å². The van der Waals surface area contributed by atoms with Crippen LogP contribution >= 0.6 is 0 Å². The first-order chi connectivity index (χ1) is 18.9. The molecule has 2 amide bonds. The summed E-state index contributed by atoms with van der Waals surface area (Å²) in [6.07, 6.45) is 2.11. The third-order valence-electron chi connectivity index (χ3n) is 7.07. The van der Waals surface area contributed by atoms with Gasteiger partial charge in [-0.25, -0.2) is 4.79 Å². The number of carboxylic acids is 1. The van der Waals surface area contributed by atoms with Crippen LogP contribution in [0.25, 0.3) is 21.7 Å². The number of nitrogens with one attached hydrogen (secondary N) is 2. The lowest BCUT2D eigenvalue weighted by molar-refractivity contribution is -0.142. The van der Waals surface area contributed by atoms with Crippen LogP contribution in [0.3, 0.4) is 0 Å². The van der Waals surface area contributed by atoms with Crippen molar-refractivity contribution in [3.05, 3.63) is 120 Å². The smallest absolute Gasteiger partial charge is 0.326 e. The zero-order chi connectivity index (χ0) is 27.4. The number of para-hydroxylation sites is 1. The summed E-state index contributed by atoms with van der Waals surface area (Å²) in [7, 11) is 1.58. The Kier molecular flexibility index (Phi) is 7.41. The number of hydrogen-bond donors (Lipinski definition) is 3. The lowest BCUT2D eigenvalue weighted by atomic mass is 10.0. The minimum atomic E-state index is -1.17. The van der Waals surface area contributed by atoms with Gasteiger partial charge >= 0.3 is 5.97 Å². The molecule has 7 nitrogen and oxygen atoms in total. The fraction of sp³-hybridized carbons (Fsp3) is 0.156. The standard InChI is InChI=1S/C32H29N3O4/c1-35(31(37)24-16-15-22-11-5-6-12-23(22)18-24)29(17-21-9-3-2-4-10-21)30(36)34-28(32(38)39)19-25-20-33-27-14-8-7-13-26(25)27/h2-16,18,20,28-29,33H,17,19H2,1H3,(H,34,36)(H,38,39)/t28-,29-/m0/s1. The van der Waals surface area contributed by atoms with Gasteiger partial charge in [0.05, 0.1) is 0 Å². The molecule has 1 aromatic heterocycles. The predicted octanol–water partition coefficient (Wildman–Crippen LogP) is 4.82. The number of rotatable bonds is 9. The average Bonchev–Trinajstić information content (AvgIpc) is 3.37. The number of benzene rings is 4. The van der Waals surface area contributed by atoms with Crippen LogP contribution in [0.15, 0.2) is 103 Å². The lowest BCUT2D eigenvalue weighted by Gasteiger charge is -2.29. The highest BCUT2D eigenvalue weighted by molar-refractivity contribution is 6.01. The summed E-state index contributed by atoms with van der Waals surface area (Å²) in [5.41, 5.74) is 3.00. The molecule has 7 heteroatoms. The molecule has 0 radical (unpaired) electrons. The van der Waals surface area contributed by atoms with Crippen molar-refractivity contribution >= 4 is 39.5 Å². The van der Waals surface area contributed by atoms with Crippen molar-refractivity contribution in [1.82, 2.24) is 15.2 Å². The molecule has 0 fully saturated rings. The summed E-state index contributed by atoms with van der Waals surface area (Å²) in [5.74, 6) is -1.99. The molecule has 0 aliphatic carbocycles. The molecule has 0 unspecified atom stereocenters. The molecule has 196 valence electrons. The van der Waals surface area contributed by atoms with Crippen molar-refractivity contribution in [2.75, 3.05) is 7.05 Å². The number of carboxylic acid groups (broad SMARTS) is 1. The van der Waals surface area contributed by atoms with Gasteiger partial charge in [-0.1, -0.05) is 78.9 Å². The molecule has 0 spiro atoms. The summed E-state index contributed by atoms with van der Waals surface area (Å²) in [6, 6.07) is 28.1. The first-order valence-electron chi connectivity index (χ1n) is 12.8. The van der Waals surface area contributed by atoms with Crippen molar-refractivity contribution in [3.8, 4) is 0 Å². The van der Waals surface area contributed by atoms with E-state index in [0.29, 0.717) is 5.56 Å². The minimum absolute atomic E-state index is 0.103. The van der Waals surface area contributed by atoms with Gasteiger partial charge in [-0.3, -0.25) is 9.59 Å². The first-order valence-corrected chi connectivity index (χ1v) is 12.8. The maximum absolute atomic E-state index is 13.7. The lowest BCUT2D eigenvalue weighted by Crippen LogP contribution is -2.53. The molecule has 0 saturated carbocycles. The number of hydrogen-bond acceptors (Lipinski definition) is 3. The molecule has 5 aromatic rings. The molecule has 2 atom stereocenters. The highest BCUT2D eigenvalue weighted by atomic mass is 16.4. The van der Waals surface area contributed by atoms with Crippen LogP contribution in [-0.4, -0.2) is 51.9 Å². The SMILES string of the molecule is CN(C(=O)c1ccc2ccccc2c1)[C@@H](Cc1ccccc1)C(=O)N[C@@H](Cc1c[nH]c2ccccc12)C(=O)O. The molecular formula is C32H29N3O4. The zero-order valence-electron chi connectivity index (χ0n) is 21.5. The molecular weight excluding hydrogens is 490 g/mol. The van der Waals surface area contributed by atoms with Crippen molar-refractivity contribution in [1.29, 1.82) is 0 Å². The molecule has 0 aliphatic heterocycles. The second-order valence-corrected chi connectivity index (χ2v) is 9.65. The van der Waals surface area contributed by atoms with E-state index in [2.05, 4.69) is 10.3 Å². The number of carbonyl (C=O) groups is 3. The molecule has 0 saturated heterocycles. The highest BCUT2D eigenvalue weighted by Crippen LogP contribution is 2.21. The number of aliphatic carboxylic acids is 1. The molecule has 39 heavy (non-hydrogen) atoms. The topological polar surface area (TPSA) is 103 Å². The average molecular weight is 520 g/mol.